The van der Waals surface area contributed by atoms with Gasteiger partial charge in [0.2, 0.25) is 0 Å². The van der Waals surface area contributed by atoms with Crippen molar-refractivity contribution in [3.8, 4) is 0 Å². The van der Waals surface area contributed by atoms with Crippen molar-refractivity contribution in [3.63, 3.8) is 0 Å². The molecule has 0 radical (unpaired) electrons. The Labute approximate surface area is 116 Å². The van der Waals surface area contributed by atoms with Gasteiger partial charge in [0.1, 0.15) is 0 Å². The molecule has 0 aromatic carbocycles. The highest BCUT2D eigenvalue weighted by atomic mass is 16.5. The molecule has 0 spiro atoms. The predicted molar refractivity (Wildman–Crippen MR) is 74.1 cm³/mol. The molecule has 1 heterocycles. The van der Waals surface area contributed by atoms with Gasteiger partial charge in [0.15, 0.2) is 0 Å². The Morgan fingerprint density at radius 1 is 1.05 bits per heavy atom. The quantitative estimate of drug-likeness (QED) is 0.846. The average Bonchev–Trinajstić information content (AvgIpc) is 2.38. The lowest BCUT2D eigenvalue weighted by Gasteiger charge is -2.56. The van der Waals surface area contributed by atoms with E-state index in [-0.39, 0.29) is 5.60 Å². The molecule has 1 N–H and O–H groups in total. The Morgan fingerprint density at radius 2 is 1.74 bits per heavy atom. The molecule has 3 nitrogen and oxygen atoms in total. The Kier molecular flexibility index (Phi) is 3.33. The van der Waals surface area contributed by atoms with Gasteiger partial charge in [0, 0.05) is 19.2 Å². The summed E-state index contributed by atoms with van der Waals surface area (Å²) >= 11 is 0. The first-order valence-electron chi connectivity index (χ1n) is 8.26. The van der Waals surface area contributed by atoms with E-state index in [1.54, 1.807) is 0 Å². The average molecular weight is 265 g/mol. The highest BCUT2D eigenvalue weighted by molar-refractivity contribution is 5.03. The van der Waals surface area contributed by atoms with Crippen LogP contribution in [0, 0.1) is 17.8 Å². The molecule has 0 aromatic rings. The van der Waals surface area contributed by atoms with Gasteiger partial charge in [0.25, 0.3) is 0 Å². The van der Waals surface area contributed by atoms with Crippen molar-refractivity contribution in [1.82, 2.24) is 5.32 Å². The minimum absolute atomic E-state index is 0.282. The lowest BCUT2D eigenvalue weighted by molar-refractivity contribution is -0.164. The third-order valence-corrected chi connectivity index (χ3v) is 5.86. The lowest BCUT2D eigenvalue weighted by atomic mass is 9.54. The number of hydrogen-bond donors (Lipinski definition) is 1. The van der Waals surface area contributed by atoms with Crippen LogP contribution in [-0.2, 0) is 9.47 Å². The first kappa shape index (κ1) is 12.6. The van der Waals surface area contributed by atoms with Gasteiger partial charge < -0.3 is 14.8 Å². The highest BCUT2D eigenvalue weighted by Gasteiger charge is 2.51. The van der Waals surface area contributed by atoms with Gasteiger partial charge in [-0.1, -0.05) is 0 Å². The van der Waals surface area contributed by atoms with Crippen molar-refractivity contribution < 1.29 is 9.47 Å². The van der Waals surface area contributed by atoms with E-state index in [1.807, 2.05) is 0 Å². The van der Waals surface area contributed by atoms with Crippen LogP contribution in [0.15, 0.2) is 0 Å². The first-order valence-corrected chi connectivity index (χ1v) is 8.26. The molecule has 4 aliphatic carbocycles. The van der Waals surface area contributed by atoms with Crippen LogP contribution in [0.5, 0.6) is 0 Å². The van der Waals surface area contributed by atoms with E-state index in [0.717, 1.165) is 50.5 Å². The van der Waals surface area contributed by atoms with Crippen LogP contribution in [0.4, 0.5) is 0 Å². The van der Waals surface area contributed by atoms with Crippen LogP contribution in [0.1, 0.15) is 44.9 Å². The predicted octanol–water partition coefficient (Wildman–Crippen LogP) is 2.35. The fourth-order valence-electron chi connectivity index (χ4n) is 5.43. The van der Waals surface area contributed by atoms with Crippen LogP contribution in [0.25, 0.3) is 0 Å². The molecule has 1 saturated heterocycles. The minimum atomic E-state index is 0.282. The third kappa shape index (κ3) is 2.57. The molecule has 1 unspecified atom stereocenters. The fraction of sp³-hybridized carbons (Fsp3) is 1.00. The van der Waals surface area contributed by atoms with Gasteiger partial charge in [-0.2, -0.15) is 0 Å². The molecule has 108 valence electrons. The van der Waals surface area contributed by atoms with Gasteiger partial charge in [-0.15, -0.1) is 0 Å². The summed E-state index contributed by atoms with van der Waals surface area (Å²) in [4.78, 5) is 0. The minimum Gasteiger partial charge on any atom is -0.379 e. The largest absolute Gasteiger partial charge is 0.379 e. The number of rotatable bonds is 4. The number of nitrogens with one attached hydrogen (secondary N) is 1. The molecular formula is C16H27NO2. The summed E-state index contributed by atoms with van der Waals surface area (Å²) in [6.07, 6.45) is 9.68. The van der Waals surface area contributed by atoms with Crippen LogP contribution < -0.4 is 5.32 Å². The normalized spacial score (nSPS) is 48.6. The molecule has 4 saturated carbocycles. The van der Waals surface area contributed by atoms with Crippen molar-refractivity contribution in [2.45, 2.75) is 56.6 Å². The lowest BCUT2D eigenvalue weighted by Crippen LogP contribution is -2.52. The standard InChI is InChI=1S/C16H27NO2/c1(15-11-18-4-2-17-15)3-19-16-8-12-5-13(9-16)7-14(6-12)10-16/h12-15,17H,1-11H2. The van der Waals surface area contributed by atoms with Gasteiger partial charge in [-0.05, 0) is 62.7 Å². The van der Waals surface area contributed by atoms with E-state index in [4.69, 9.17) is 9.47 Å². The van der Waals surface area contributed by atoms with Gasteiger partial charge in [-0.3, -0.25) is 0 Å². The molecule has 1 atom stereocenters. The van der Waals surface area contributed by atoms with Gasteiger partial charge in [-0.25, -0.2) is 0 Å². The second-order valence-corrected chi connectivity index (χ2v) is 7.46. The van der Waals surface area contributed by atoms with Crippen LogP contribution >= 0.6 is 0 Å². The second kappa shape index (κ2) is 5.01. The molecule has 5 fully saturated rings. The van der Waals surface area contributed by atoms with Crippen molar-refractivity contribution in [2.24, 2.45) is 17.8 Å². The van der Waals surface area contributed by atoms with E-state index < -0.39 is 0 Å². The van der Waals surface area contributed by atoms with Crippen molar-refractivity contribution in [2.75, 3.05) is 26.4 Å². The number of ether oxygens (including phenoxy) is 2. The zero-order chi connectivity index (χ0) is 12.7. The van der Waals surface area contributed by atoms with E-state index in [0.29, 0.717) is 6.04 Å². The second-order valence-electron chi connectivity index (χ2n) is 7.46. The van der Waals surface area contributed by atoms with E-state index >= 15 is 0 Å². The summed E-state index contributed by atoms with van der Waals surface area (Å²) in [6, 6.07) is 0.516. The van der Waals surface area contributed by atoms with E-state index in [1.165, 1.54) is 38.5 Å². The van der Waals surface area contributed by atoms with Crippen molar-refractivity contribution >= 4 is 0 Å². The zero-order valence-electron chi connectivity index (χ0n) is 11.9. The van der Waals surface area contributed by atoms with Crippen molar-refractivity contribution in [3.05, 3.63) is 0 Å². The number of morpholine rings is 1. The maximum absolute atomic E-state index is 6.45. The van der Waals surface area contributed by atoms with Crippen molar-refractivity contribution in [1.29, 1.82) is 0 Å². The summed E-state index contributed by atoms with van der Waals surface area (Å²) in [5, 5.41) is 3.52. The van der Waals surface area contributed by atoms with Crippen LogP contribution in [0.3, 0.4) is 0 Å². The topological polar surface area (TPSA) is 30.5 Å². The van der Waals surface area contributed by atoms with Crippen LogP contribution in [0.2, 0.25) is 0 Å². The molecule has 0 aromatic heterocycles. The zero-order valence-corrected chi connectivity index (χ0v) is 11.9. The number of hydrogen-bond acceptors (Lipinski definition) is 3. The Morgan fingerprint density at radius 3 is 2.32 bits per heavy atom. The summed E-state index contributed by atoms with van der Waals surface area (Å²) in [7, 11) is 0. The Bertz CT molecular complexity index is 289. The highest BCUT2D eigenvalue weighted by Crippen LogP contribution is 2.57. The van der Waals surface area contributed by atoms with E-state index in [2.05, 4.69) is 5.32 Å². The Balaban J connectivity index is 1.30. The third-order valence-electron chi connectivity index (χ3n) is 5.86. The van der Waals surface area contributed by atoms with Gasteiger partial charge in [0.05, 0.1) is 18.8 Å². The van der Waals surface area contributed by atoms with Gasteiger partial charge >= 0.3 is 0 Å². The molecule has 19 heavy (non-hydrogen) atoms. The SMILES string of the molecule is C1COCC(CCOC23CC4CC(CC(C4)C2)C3)N1. The molecule has 5 rings (SSSR count). The smallest absolute Gasteiger partial charge is 0.0690 e. The molecule has 1 aliphatic heterocycles. The Hall–Kier alpha value is -0.120. The van der Waals surface area contributed by atoms with Crippen LogP contribution in [-0.4, -0.2) is 38.0 Å². The summed E-state index contributed by atoms with van der Waals surface area (Å²) in [6.45, 7) is 3.66. The first-order chi connectivity index (χ1) is 9.31. The fourth-order valence-corrected chi connectivity index (χ4v) is 5.43. The molecular weight excluding hydrogens is 238 g/mol. The molecule has 5 aliphatic rings. The van der Waals surface area contributed by atoms with E-state index in [9.17, 15) is 0 Å². The molecule has 4 bridgehead atoms. The summed E-state index contributed by atoms with van der Waals surface area (Å²) in [5.41, 5.74) is 0.282. The molecule has 3 heteroatoms. The summed E-state index contributed by atoms with van der Waals surface area (Å²) in [5.74, 6) is 2.96. The maximum Gasteiger partial charge on any atom is 0.0690 e. The molecule has 0 amide bonds. The monoisotopic (exact) mass is 265 g/mol. The maximum atomic E-state index is 6.45. The summed E-state index contributed by atoms with van der Waals surface area (Å²) < 4.78 is 12.0.